The summed E-state index contributed by atoms with van der Waals surface area (Å²) in [5.74, 6) is -3.85. The van der Waals surface area contributed by atoms with Gasteiger partial charge in [-0.25, -0.2) is 4.79 Å². The maximum absolute atomic E-state index is 12.5. The van der Waals surface area contributed by atoms with E-state index in [2.05, 4.69) is 5.32 Å². The zero-order valence-electron chi connectivity index (χ0n) is 15.4. The van der Waals surface area contributed by atoms with Crippen LogP contribution >= 0.6 is 0 Å². The van der Waals surface area contributed by atoms with Crippen molar-refractivity contribution < 1.29 is 29.4 Å². The van der Waals surface area contributed by atoms with E-state index in [-0.39, 0.29) is 5.91 Å². The van der Waals surface area contributed by atoms with Gasteiger partial charge in [-0.2, -0.15) is 0 Å². The lowest BCUT2D eigenvalue weighted by Gasteiger charge is -2.33. The molecular weight excluding hydrogens is 366 g/mol. The van der Waals surface area contributed by atoms with Gasteiger partial charge < -0.3 is 26.2 Å². The van der Waals surface area contributed by atoms with Crippen LogP contribution in [0.4, 0.5) is 0 Å². The highest BCUT2D eigenvalue weighted by Gasteiger charge is 2.32. The molecule has 1 fully saturated rings. The molecule has 2 unspecified atom stereocenters. The van der Waals surface area contributed by atoms with Crippen LogP contribution in [0.25, 0.3) is 0 Å². The van der Waals surface area contributed by atoms with E-state index in [0.717, 1.165) is 5.56 Å². The first-order chi connectivity index (χ1) is 13.3. The number of carboxylic acid groups (broad SMARTS) is 2. The molecule has 1 heterocycles. The van der Waals surface area contributed by atoms with Crippen molar-refractivity contribution in [3.05, 3.63) is 35.9 Å². The quantitative estimate of drug-likeness (QED) is 0.481. The number of hydrogen-bond acceptors (Lipinski definition) is 5. The topological polar surface area (TPSA) is 150 Å². The van der Waals surface area contributed by atoms with Gasteiger partial charge in [-0.1, -0.05) is 30.3 Å². The Kier molecular flexibility index (Phi) is 7.51. The minimum atomic E-state index is -1.47. The minimum absolute atomic E-state index is 0.183. The summed E-state index contributed by atoms with van der Waals surface area (Å²) in [6, 6.07) is 7.32. The zero-order valence-corrected chi connectivity index (χ0v) is 15.4. The van der Waals surface area contributed by atoms with Crippen LogP contribution in [-0.4, -0.2) is 64.0 Å². The molecule has 0 saturated carbocycles. The van der Waals surface area contributed by atoms with E-state index < -0.39 is 42.3 Å². The number of carbonyl (C=O) groups is 4. The van der Waals surface area contributed by atoms with E-state index in [1.807, 2.05) is 30.3 Å². The van der Waals surface area contributed by atoms with Gasteiger partial charge in [0, 0.05) is 19.0 Å². The van der Waals surface area contributed by atoms with Gasteiger partial charge in [-0.15, -0.1) is 0 Å². The number of benzene rings is 1. The van der Waals surface area contributed by atoms with Crippen LogP contribution in [0, 0.1) is 5.92 Å². The van der Waals surface area contributed by atoms with Crippen molar-refractivity contribution in [1.82, 2.24) is 10.2 Å². The van der Waals surface area contributed by atoms with Crippen LogP contribution in [-0.2, 0) is 25.6 Å². The molecule has 2 atom stereocenters. The Morgan fingerprint density at radius 3 is 2.25 bits per heavy atom. The average Bonchev–Trinajstić information content (AvgIpc) is 2.67. The predicted molar refractivity (Wildman–Crippen MR) is 99.2 cm³/mol. The molecule has 0 spiro atoms. The first-order valence-electron chi connectivity index (χ1n) is 9.11. The molecule has 0 bridgehead atoms. The Balaban J connectivity index is 1.84. The highest BCUT2D eigenvalue weighted by Crippen LogP contribution is 2.19. The van der Waals surface area contributed by atoms with Crippen molar-refractivity contribution >= 4 is 23.8 Å². The third kappa shape index (κ3) is 6.05. The molecule has 1 saturated heterocycles. The number of carbonyl (C=O) groups excluding carboxylic acids is 2. The number of nitrogens with two attached hydrogens (primary N) is 1. The van der Waals surface area contributed by atoms with E-state index in [1.165, 1.54) is 0 Å². The summed E-state index contributed by atoms with van der Waals surface area (Å²) in [5.41, 5.74) is 7.00. The Morgan fingerprint density at radius 1 is 1.11 bits per heavy atom. The fraction of sp³-hybridized carbons (Fsp3) is 0.474. The van der Waals surface area contributed by atoms with Crippen LogP contribution in [0.15, 0.2) is 30.3 Å². The maximum atomic E-state index is 12.5. The molecule has 1 aromatic carbocycles. The van der Waals surface area contributed by atoms with Crippen LogP contribution in [0.1, 0.15) is 24.8 Å². The van der Waals surface area contributed by atoms with Crippen LogP contribution in [0.3, 0.4) is 0 Å². The predicted octanol–water partition coefficient (Wildman–Crippen LogP) is -0.161. The lowest BCUT2D eigenvalue weighted by molar-refractivity contribution is -0.148. The third-order valence-corrected chi connectivity index (χ3v) is 4.79. The highest BCUT2D eigenvalue weighted by molar-refractivity contribution is 5.88. The number of carboxylic acids is 2. The van der Waals surface area contributed by atoms with Crippen molar-refractivity contribution in [3.63, 3.8) is 0 Å². The number of rotatable bonds is 8. The second-order valence-corrected chi connectivity index (χ2v) is 6.89. The second kappa shape index (κ2) is 9.84. The molecule has 9 heteroatoms. The van der Waals surface area contributed by atoms with Crippen LogP contribution in [0.2, 0.25) is 0 Å². The van der Waals surface area contributed by atoms with E-state index >= 15 is 0 Å². The first kappa shape index (κ1) is 21.4. The summed E-state index contributed by atoms with van der Waals surface area (Å²) in [5, 5.41) is 20.0. The molecule has 1 aromatic rings. The average molecular weight is 391 g/mol. The molecule has 152 valence electrons. The molecule has 1 aliphatic heterocycles. The molecule has 0 aromatic heterocycles. The summed E-state index contributed by atoms with van der Waals surface area (Å²) < 4.78 is 0. The fourth-order valence-electron chi connectivity index (χ4n) is 3.22. The molecule has 2 amide bonds. The SMILES string of the molecule is NC(Cc1ccccc1)C(=O)N1CCC(C(=O)NC(CC(=O)O)C(=O)O)CC1. The second-order valence-electron chi connectivity index (χ2n) is 6.89. The fourth-order valence-corrected chi connectivity index (χ4v) is 3.22. The first-order valence-corrected chi connectivity index (χ1v) is 9.11. The van der Waals surface area contributed by atoms with Crippen LogP contribution < -0.4 is 11.1 Å². The number of likely N-dealkylation sites (tertiary alicyclic amines) is 1. The summed E-state index contributed by atoms with van der Waals surface area (Å²) in [6.45, 7) is 0.687. The van der Waals surface area contributed by atoms with E-state index in [4.69, 9.17) is 15.9 Å². The Bertz CT molecular complexity index is 716. The molecule has 2 rings (SSSR count). The monoisotopic (exact) mass is 391 g/mol. The number of piperidine rings is 1. The summed E-state index contributed by atoms with van der Waals surface area (Å²) in [7, 11) is 0. The normalized spacial score (nSPS) is 16.8. The van der Waals surface area contributed by atoms with E-state index in [1.54, 1.807) is 4.90 Å². The Morgan fingerprint density at radius 2 is 1.71 bits per heavy atom. The van der Waals surface area contributed by atoms with Crippen molar-refractivity contribution in [2.75, 3.05) is 13.1 Å². The maximum Gasteiger partial charge on any atom is 0.326 e. The van der Waals surface area contributed by atoms with Crippen molar-refractivity contribution in [2.24, 2.45) is 11.7 Å². The number of hydrogen-bond donors (Lipinski definition) is 4. The lowest BCUT2D eigenvalue weighted by atomic mass is 9.94. The summed E-state index contributed by atoms with van der Waals surface area (Å²) >= 11 is 0. The largest absolute Gasteiger partial charge is 0.481 e. The standard InChI is InChI=1S/C19H25N3O6/c20-14(10-12-4-2-1-3-5-12)18(26)22-8-6-13(7-9-22)17(25)21-15(19(27)28)11-16(23)24/h1-5,13-15H,6-11,20H2,(H,21,25)(H,23,24)(H,27,28). The van der Waals surface area contributed by atoms with Crippen LogP contribution in [0.5, 0.6) is 0 Å². The van der Waals surface area contributed by atoms with Crippen molar-refractivity contribution in [1.29, 1.82) is 0 Å². The minimum Gasteiger partial charge on any atom is -0.481 e. The highest BCUT2D eigenvalue weighted by atomic mass is 16.4. The third-order valence-electron chi connectivity index (χ3n) is 4.79. The molecule has 9 nitrogen and oxygen atoms in total. The molecule has 0 radical (unpaired) electrons. The molecule has 28 heavy (non-hydrogen) atoms. The lowest BCUT2D eigenvalue weighted by Crippen LogP contribution is -2.51. The number of amides is 2. The van der Waals surface area contributed by atoms with Gasteiger partial charge in [-0.3, -0.25) is 14.4 Å². The van der Waals surface area contributed by atoms with Crippen molar-refractivity contribution in [3.8, 4) is 0 Å². The van der Waals surface area contributed by atoms with Crippen molar-refractivity contribution in [2.45, 2.75) is 37.8 Å². The Hall–Kier alpha value is -2.94. The van der Waals surface area contributed by atoms with Gasteiger partial charge >= 0.3 is 11.9 Å². The zero-order chi connectivity index (χ0) is 20.7. The molecule has 0 aliphatic carbocycles. The Labute approximate surface area is 162 Å². The van der Waals surface area contributed by atoms with Gasteiger partial charge in [0.05, 0.1) is 12.5 Å². The summed E-state index contributed by atoms with van der Waals surface area (Å²) in [4.78, 5) is 48.2. The molecule has 1 aliphatic rings. The van der Waals surface area contributed by atoms with Gasteiger partial charge in [0.1, 0.15) is 6.04 Å². The number of nitrogens with one attached hydrogen (secondary N) is 1. The van der Waals surface area contributed by atoms with Gasteiger partial charge in [0.2, 0.25) is 11.8 Å². The van der Waals surface area contributed by atoms with E-state index in [0.29, 0.717) is 32.4 Å². The number of nitrogens with zero attached hydrogens (tertiary/aromatic N) is 1. The van der Waals surface area contributed by atoms with Gasteiger partial charge in [0.25, 0.3) is 0 Å². The van der Waals surface area contributed by atoms with Gasteiger partial charge in [-0.05, 0) is 24.8 Å². The molecular formula is C19H25N3O6. The smallest absolute Gasteiger partial charge is 0.326 e. The number of aliphatic carboxylic acids is 2. The van der Waals surface area contributed by atoms with Gasteiger partial charge in [0.15, 0.2) is 0 Å². The molecule has 5 N–H and O–H groups in total. The van der Waals surface area contributed by atoms with E-state index in [9.17, 15) is 19.2 Å². The summed E-state index contributed by atoms with van der Waals surface area (Å²) in [6.07, 6.45) is 0.479.